The molecule has 0 spiro atoms. The average Bonchev–Trinajstić information content (AvgIpc) is 3.26. The molecular weight excluding hydrogens is 294 g/mol. The monoisotopic (exact) mass is 313 g/mol. The standard InChI is InChI=1S/C15H19N7O/c1-10-18-19-14-4-3-13(20-22(10)14)16-9-11-6-8-23-15(11)12-5-7-17-21(12)2/h3-5,7,11,15H,6,8-9H2,1-2H3,(H,16,20)/t11-,15+/m0/s1. The highest BCUT2D eigenvalue weighted by atomic mass is 16.5. The van der Waals surface area contributed by atoms with Crippen molar-refractivity contribution in [2.45, 2.75) is 19.4 Å². The molecule has 8 heteroatoms. The summed E-state index contributed by atoms with van der Waals surface area (Å²) in [6, 6.07) is 5.87. The Balaban J connectivity index is 1.49. The molecule has 1 saturated heterocycles. The number of hydrogen-bond donors (Lipinski definition) is 1. The number of nitrogens with zero attached hydrogens (tertiary/aromatic N) is 6. The number of hydrogen-bond acceptors (Lipinski definition) is 6. The third kappa shape index (κ3) is 2.55. The van der Waals surface area contributed by atoms with Crippen molar-refractivity contribution < 1.29 is 4.74 Å². The van der Waals surface area contributed by atoms with Gasteiger partial charge in [0.05, 0.1) is 5.69 Å². The minimum absolute atomic E-state index is 0.0791. The van der Waals surface area contributed by atoms with Gasteiger partial charge < -0.3 is 10.1 Å². The maximum Gasteiger partial charge on any atom is 0.178 e. The van der Waals surface area contributed by atoms with Crippen LogP contribution < -0.4 is 5.32 Å². The molecule has 2 atom stereocenters. The predicted octanol–water partition coefficient (Wildman–Crippen LogP) is 1.36. The van der Waals surface area contributed by atoms with Crippen LogP contribution in [-0.2, 0) is 11.8 Å². The molecule has 23 heavy (non-hydrogen) atoms. The molecule has 4 heterocycles. The van der Waals surface area contributed by atoms with Crippen LogP contribution in [0, 0.1) is 12.8 Å². The highest BCUT2D eigenvalue weighted by molar-refractivity contribution is 5.43. The third-order valence-electron chi connectivity index (χ3n) is 4.33. The molecule has 3 aromatic rings. The van der Waals surface area contributed by atoms with Crippen molar-refractivity contribution >= 4 is 11.5 Å². The molecule has 0 amide bonds. The summed E-state index contributed by atoms with van der Waals surface area (Å²) < 4.78 is 9.53. The Bertz CT molecular complexity index is 824. The van der Waals surface area contributed by atoms with Gasteiger partial charge in [0.15, 0.2) is 11.5 Å². The van der Waals surface area contributed by atoms with Crippen LogP contribution in [0.3, 0.4) is 0 Å². The topological polar surface area (TPSA) is 82.2 Å². The van der Waals surface area contributed by atoms with Gasteiger partial charge >= 0.3 is 0 Å². The zero-order valence-electron chi connectivity index (χ0n) is 13.2. The molecule has 0 radical (unpaired) electrons. The molecule has 3 aromatic heterocycles. The lowest BCUT2D eigenvalue weighted by molar-refractivity contribution is 0.0866. The second-order valence-corrected chi connectivity index (χ2v) is 5.84. The van der Waals surface area contributed by atoms with Crippen molar-refractivity contribution in [3.8, 4) is 0 Å². The first-order valence-corrected chi connectivity index (χ1v) is 7.75. The Labute approximate surface area is 133 Å². The molecule has 1 aliphatic rings. The molecular formula is C15H19N7O. The quantitative estimate of drug-likeness (QED) is 0.783. The van der Waals surface area contributed by atoms with Crippen LogP contribution in [0.4, 0.5) is 5.82 Å². The Morgan fingerprint density at radius 3 is 3.04 bits per heavy atom. The fraction of sp³-hybridized carbons (Fsp3) is 0.467. The molecule has 4 rings (SSSR count). The van der Waals surface area contributed by atoms with Crippen LogP contribution in [0.15, 0.2) is 24.4 Å². The van der Waals surface area contributed by atoms with E-state index in [2.05, 4.69) is 25.7 Å². The van der Waals surface area contributed by atoms with E-state index in [1.165, 1.54) is 0 Å². The molecule has 0 aliphatic carbocycles. The third-order valence-corrected chi connectivity index (χ3v) is 4.33. The first-order chi connectivity index (χ1) is 11.2. The lowest BCUT2D eigenvalue weighted by Crippen LogP contribution is -2.20. The van der Waals surface area contributed by atoms with Crippen molar-refractivity contribution in [1.82, 2.24) is 29.6 Å². The molecule has 120 valence electrons. The van der Waals surface area contributed by atoms with Gasteiger partial charge in [-0.3, -0.25) is 4.68 Å². The van der Waals surface area contributed by atoms with Gasteiger partial charge in [0, 0.05) is 32.3 Å². The molecule has 1 aliphatic heterocycles. The Morgan fingerprint density at radius 1 is 1.30 bits per heavy atom. The number of nitrogens with one attached hydrogen (secondary N) is 1. The van der Waals surface area contributed by atoms with E-state index in [1.807, 2.05) is 43.0 Å². The molecule has 0 unspecified atom stereocenters. The number of fused-ring (bicyclic) bond motifs is 1. The Kier molecular flexibility index (Phi) is 3.45. The second kappa shape index (κ2) is 5.62. The average molecular weight is 313 g/mol. The normalized spacial score (nSPS) is 21.1. The first-order valence-electron chi connectivity index (χ1n) is 7.75. The van der Waals surface area contributed by atoms with Crippen molar-refractivity contribution in [2.24, 2.45) is 13.0 Å². The molecule has 1 N–H and O–H groups in total. The van der Waals surface area contributed by atoms with E-state index >= 15 is 0 Å². The highest BCUT2D eigenvalue weighted by Gasteiger charge is 2.31. The van der Waals surface area contributed by atoms with Gasteiger partial charge in [-0.1, -0.05) is 0 Å². The SMILES string of the molecule is Cc1nnc2ccc(NC[C@@H]3CCO[C@H]3c3ccnn3C)nn12. The van der Waals surface area contributed by atoms with E-state index < -0.39 is 0 Å². The highest BCUT2D eigenvalue weighted by Crippen LogP contribution is 2.34. The van der Waals surface area contributed by atoms with Gasteiger partial charge in [0.2, 0.25) is 0 Å². The zero-order chi connectivity index (χ0) is 15.8. The molecule has 1 fully saturated rings. The zero-order valence-corrected chi connectivity index (χ0v) is 13.2. The Hall–Kier alpha value is -2.48. The predicted molar refractivity (Wildman–Crippen MR) is 84.0 cm³/mol. The minimum atomic E-state index is 0.0791. The van der Waals surface area contributed by atoms with Gasteiger partial charge in [-0.05, 0) is 31.5 Å². The van der Waals surface area contributed by atoms with Gasteiger partial charge in [-0.15, -0.1) is 15.3 Å². The summed E-state index contributed by atoms with van der Waals surface area (Å²) >= 11 is 0. The first kappa shape index (κ1) is 14.1. The summed E-state index contributed by atoms with van der Waals surface area (Å²) in [5.74, 6) is 1.99. The molecule has 8 nitrogen and oxygen atoms in total. The summed E-state index contributed by atoms with van der Waals surface area (Å²) in [5.41, 5.74) is 1.87. The summed E-state index contributed by atoms with van der Waals surface area (Å²) in [4.78, 5) is 0. The minimum Gasteiger partial charge on any atom is -0.372 e. The van der Waals surface area contributed by atoms with Crippen LogP contribution in [0.25, 0.3) is 5.65 Å². The van der Waals surface area contributed by atoms with Gasteiger partial charge in [-0.25, -0.2) is 0 Å². The van der Waals surface area contributed by atoms with Crippen LogP contribution in [0.2, 0.25) is 0 Å². The Morgan fingerprint density at radius 2 is 2.22 bits per heavy atom. The van der Waals surface area contributed by atoms with E-state index in [0.717, 1.165) is 42.6 Å². The summed E-state index contributed by atoms with van der Waals surface area (Å²) in [6.45, 7) is 3.47. The van der Waals surface area contributed by atoms with E-state index in [-0.39, 0.29) is 6.10 Å². The summed E-state index contributed by atoms with van der Waals surface area (Å²) in [6.07, 6.45) is 2.91. The molecule has 0 aromatic carbocycles. The van der Waals surface area contributed by atoms with Crippen LogP contribution in [0.1, 0.15) is 24.0 Å². The summed E-state index contributed by atoms with van der Waals surface area (Å²) in [7, 11) is 1.95. The fourth-order valence-corrected chi connectivity index (χ4v) is 3.06. The van der Waals surface area contributed by atoms with Crippen molar-refractivity contribution in [3.05, 3.63) is 35.9 Å². The van der Waals surface area contributed by atoms with Gasteiger partial charge in [0.25, 0.3) is 0 Å². The van der Waals surface area contributed by atoms with E-state index in [4.69, 9.17) is 4.74 Å². The van der Waals surface area contributed by atoms with Crippen molar-refractivity contribution in [1.29, 1.82) is 0 Å². The van der Waals surface area contributed by atoms with Crippen LogP contribution in [0.5, 0.6) is 0 Å². The summed E-state index contributed by atoms with van der Waals surface area (Å²) in [5, 5.41) is 20.2. The fourth-order valence-electron chi connectivity index (χ4n) is 3.06. The maximum atomic E-state index is 5.91. The van der Waals surface area contributed by atoms with Crippen molar-refractivity contribution in [2.75, 3.05) is 18.5 Å². The number of aryl methyl sites for hydroxylation is 2. The maximum absolute atomic E-state index is 5.91. The molecule has 0 saturated carbocycles. The lowest BCUT2D eigenvalue weighted by atomic mass is 9.99. The number of anilines is 1. The van der Waals surface area contributed by atoms with Crippen LogP contribution in [-0.4, -0.2) is 42.7 Å². The van der Waals surface area contributed by atoms with Crippen molar-refractivity contribution in [3.63, 3.8) is 0 Å². The van der Waals surface area contributed by atoms with Gasteiger partial charge in [-0.2, -0.15) is 9.61 Å². The van der Waals surface area contributed by atoms with E-state index in [1.54, 1.807) is 4.52 Å². The number of rotatable bonds is 4. The van der Waals surface area contributed by atoms with Gasteiger partial charge in [0.1, 0.15) is 11.9 Å². The second-order valence-electron chi connectivity index (χ2n) is 5.84. The smallest absolute Gasteiger partial charge is 0.178 e. The molecule has 0 bridgehead atoms. The number of aromatic nitrogens is 6. The largest absolute Gasteiger partial charge is 0.372 e. The van der Waals surface area contributed by atoms with Crippen LogP contribution >= 0.6 is 0 Å². The number of ether oxygens (including phenoxy) is 1. The van der Waals surface area contributed by atoms with E-state index in [0.29, 0.717) is 5.92 Å². The lowest BCUT2D eigenvalue weighted by Gasteiger charge is -2.19. The van der Waals surface area contributed by atoms with E-state index in [9.17, 15) is 0 Å².